The maximum atomic E-state index is 16.3. The lowest BCUT2D eigenvalue weighted by Crippen LogP contribution is -2.49. The van der Waals surface area contributed by atoms with Crippen LogP contribution in [0.2, 0.25) is 0 Å². The number of carbonyl (C=O) groups excluding carboxylic acids is 1. The molecule has 13 nitrogen and oxygen atoms in total. The van der Waals surface area contributed by atoms with Crippen molar-refractivity contribution in [2.75, 3.05) is 26.1 Å². The first-order valence-corrected chi connectivity index (χ1v) is 22.5. The molecule has 0 bridgehead atoms. The molecule has 0 amide bonds. The number of ether oxygens (including phenoxy) is 5. The topological polar surface area (TPSA) is 137 Å². The van der Waals surface area contributed by atoms with Gasteiger partial charge in [-0.25, -0.2) is 19.3 Å². The fourth-order valence-electron chi connectivity index (χ4n) is 9.35. The number of imidazole rings is 2. The number of methoxy groups -OCH3 is 2. The maximum absolute atomic E-state index is 16.3. The minimum absolute atomic E-state index is 0.0635. The number of anilines is 1. The molecule has 3 atom stereocenters. The Kier molecular flexibility index (Phi) is 12.4. The Labute approximate surface area is 403 Å². The van der Waals surface area contributed by atoms with Gasteiger partial charge in [0.2, 0.25) is 0 Å². The first-order chi connectivity index (χ1) is 34.3. The fourth-order valence-corrected chi connectivity index (χ4v) is 9.35. The minimum atomic E-state index is -1.74. The average Bonchev–Trinajstić information content (AvgIpc) is 4.20. The molecule has 348 valence electrons. The summed E-state index contributed by atoms with van der Waals surface area (Å²) in [5.74, 6) is 4.28. The van der Waals surface area contributed by atoms with E-state index >= 15 is 4.39 Å². The molecule has 4 heterocycles. The van der Waals surface area contributed by atoms with Crippen LogP contribution in [-0.4, -0.2) is 67.7 Å². The highest BCUT2D eigenvalue weighted by Gasteiger charge is 2.55. The number of hydrogen-bond donors (Lipinski definition) is 1. The number of terminal acetylenes is 1. The zero-order valence-corrected chi connectivity index (χ0v) is 38.1. The molecule has 1 aliphatic heterocycles. The number of aromatic nitrogens is 6. The first-order valence-electron chi connectivity index (χ1n) is 22.5. The number of benzene rings is 6. The van der Waals surface area contributed by atoms with E-state index in [4.69, 9.17) is 35.1 Å². The molecule has 1 saturated heterocycles. The lowest BCUT2D eigenvalue weighted by atomic mass is 9.77. The smallest absolute Gasteiger partial charge is 0.419 e. The molecule has 70 heavy (non-hydrogen) atoms. The highest BCUT2D eigenvalue weighted by molar-refractivity contribution is 5.84. The average molecular weight is 932 g/mol. The van der Waals surface area contributed by atoms with E-state index < -0.39 is 47.9 Å². The van der Waals surface area contributed by atoms with Crippen LogP contribution < -0.4 is 14.8 Å². The van der Waals surface area contributed by atoms with Gasteiger partial charge in [-0.1, -0.05) is 152 Å². The third-order valence-corrected chi connectivity index (χ3v) is 12.8. The number of nitrogens with zero attached hydrogens (tertiary/aromatic N) is 6. The normalized spacial score (nSPS) is 16.9. The second-order valence-electron chi connectivity index (χ2n) is 16.6. The van der Waals surface area contributed by atoms with Crippen molar-refractivity contribution >= 4 is 23.1 Å². The summed E-state index contributed by atoms with van der Waals surface area (Å²) < 4.78 is 50.7. The van der Waals surface area contributed by atoms with Crippen molar-refractivity contribution in [2.24, 2.45) is 0 Å². The summed E-state index contributed by atoms with van der Waals surface area (Å²) in [5, 5.41) is 3.66. The Morgan fingerprint density at radius 1 is 0.743 bits per heavy atom. The highest BCUT2D eigenvalue weighted by atomic mass is 19.1. The number of hydrogen-bond acceptors (Lipinski definition) is 11. The van der Waals surface area contributed by atoms with Crippen molar-refractivity contribution in [3.63, 3.8) is 0 Å². The van der Waals surface area contributed by atoms with Gasteiger partial charge in [-0.2, -0.15) is 14.4 Å². The number of halogens is 1. The summed E-state index contributed by atoms with van der Waals surface area (Å²) in [4.78, 5) is 31.0. The van der Waals surface area contributed by atoms with E-state index in [1.165, 1.54) is 29.6 Å². The van der Waals surface area contributed by atoms with Crippen molar-refractivity contribution in [3.8, 4) is 23.8 Å². The molecule has 0 saturated carbocycles. The molecule has 0 radical (unpaired) electrons. The maximum Gasteiger partial charge on any atom is 0.419 e. The van der Waals surface area contributed by atoms with Crippen molar-refractivity contribution in [1.82, 2.24) is 29.1 Å². The molecular formula is C56H46FN7O6. The van der Waals surface area contributed by atoms with Crippen LogP contribution in [0.3, 0.4) is 0 Å². The Morgan fingerprint density at radius 2 is 1.26 bits per heavy atom. The predicted molar refractivity (Wildman–Crippen MR) is 261 cm³/mol. The highest BCUT2D eigenvalue weighted by Crippen LogP contribution is 2.49. The minimum Gasteiger partial charge on any atom is -0.497 e. The number of fused-ring (bicyclic) bond motifs is 1. The molecule has 10 rings (SSSR count). The van der Waals surface area contributed by atoms with E-state index in [2.05, 4.69) is 26.2 Å². The van der Waals surface area contributed by atoms with E-state index in [-0.39, 0.29) is 23.4 Å². The molecular weight excluding hydrogens is 886 g/mol. The number of carbonyl (C=O) groups is 1. The summed E-state index contributed by atoms with van der Waals surface area (Å²) in [7, 11) is 3.22. The van der Waals surface area contributed by atoms with Crippen LogP contribution in [0.25, 0.3) is 11.2 Å². The molecule has 3 aromatic heterocycles. The van der Waals surface area contributed by atoms with Crippen molar-refractivity contribution in [2.45, 2.75) is 35.5 Å². The molecule has 1 fully saturated rings. The predicted octanol–water partition coefficient (Wildman–Crippen LogP) is 9.94. The van der Waals surface area contributed by atoms with E-state index in [9.17, 15) is 4.79 Å². The van der Waals surface area contributed by atoms with Gasteiger partial charge in [0.25, 0.3) is 0 Å². The van der Waals surface area contributed by atoms with Gasteiger partial charge in [-0.3, -0.25) is 4.57 Å². The van der Waals surface area contributed by atoms with Gasteiger partial charge >= 0.3 is 12.2 Å². The van der Waals surface area contributed by atoms with Gasteiger partial charge in [-0.05, 0) is 57.6 Å². The van der Waals surface area contributed by atoms with Gasteiger partial charge in [0.05, 0.1) is 20.5 Å². The van der Waals surface area contributed by atoms with E-state index in [0.717, 1.165) is 33.4 Å². The molecule has 1 N–H and O–H groups in total. The van der Waals surface area contributed by atoms with E-state index in [1.807, 2.05) is 170 Å². The van der Waals surface area contributed by atoms with Gasteiger partial charge < -0.3 is 29.0 Å². The monoisotopic (exact) mass is 931 g/mol. The standard InChI is InChI=1S/C56H46FN7O6/c1-4-54(36-68-53(65)63-34-33-58-37-63)47(69-56(42-21-13-7-14-22-42,43-23-15-8-16-24-43)44-27-31-46(67-3)32-28-44)35-48(70-54)64-38-59-49-50(60-52(57)61-51(49)64)62-55(39-17-9-5-10-18-39,40-19-11-6-12-20-40)41-25-29-45(66-2)30-26-41/h1,5-34,37-38,47-48H,35-36H2,2-3H3,(H,60,61,62)/t47-,48+,54+/m0/s1. The van der Waals surface area contributed by atoms with Crippen LogP contribution in [-0.2, 0) is 25.4 Å². The molecule has 9 aromatic rings. The van der Waals surface area contributed by atoms with Gasteiger partial charge in [0.1, 0.15) is 47.9 Å². The molecule has 6 aromatic carbocycles. The Bertz CT molecular complexity index is 3170. The van der Waals surface area contributed by atoms with Crippen molar-refractivity contribution in [3.05, 3.63) is 234 Å². The quantitative estimate of drug-likeness (QED) is 0.0598. The van der Waals surface area contributed by atoms with Gasteiger partial charge in [-0.15, -0.1) is 6.42 Å². The van der Waals surface area contributed by atoms with E-state index in [0.29, 0.717) is 11.5 Å². The zero-order chi connectivity index (χ0) is 48.1. The van der Waals surface area contributed by atoms with Gasteiger partial charge in [0, 0.05) is 18.8 Å². The van der Waals surface area contributed by atoms with Crippen LogP contribution >= 0.6 is 0 Å². The molecule has 0 spiro atoms. The zero-order valence-electron chi connectivity index (χ0n) is 38.1. The molecule has 0 unspecified atom stereocenters. The van der Waals surface area contributed by atoms with Gasteiger partial charge in [0.15, 0.2) is 22.6 Å². The Hall–Kier alpha value is -8.64. The lowest BCUT2D eigenvalue weighted by Gasteiger charge is -2.41. The first kappa shape index (κ1) is 45.2. The number of rotatable bonds is 15. The van der Waals surface area contributed by atoms with Crippen LogP contribution in [0.4, 0.5) is 15.0 Å². The second kappa shape index (κ2) is 19.2. The Balaban J connectivity index is 1.11. The third-order valence-electron chi connectivity index (χ3n) is 12.8. The van der Waals surface area contributed by atoms with Crippen molar-refractivity contribution in [1.29, 1.82) is 0 Å². The number of nitrogens with one attached hydrogen (secondary N) is 1. The van der Waals surface area contributed by atoms with Crippen molar-refractivity contribution < 1.29 is 32.9 Å². The third kappa shape index (κ3) is 8.16. The second-order valence-corrected chi connectivity index (χ2v) is 16.6. The summed E-state index contributed by atoms with van der Waals surface area (Å²) in [6.07, 6.45) is 8.63. The van der Waals surface area contributed by atoms with E-state index in [1.54, 1.807) is 18.8 Å². The largest absolute Gasteiger partial charge is 0.497 e. The molecule has 1 aliphatic rings. The summed E-state index contributed by atoms with van der Waals surface area (Å²) in [6, 6.07) is 54.5. The Morgan fingerprint density at radius 3 is 1.77 bits per heavy atom. The van der Waals surface area contributed by atoms with Crippen LogP contribution in [0.1, 0.15) is 46.0 Å². The molecule has 14 heteroatoms. The summed E-state index contributed by atoms with van der Waals surface area (Å²) in [6.45, 7) is -0.439. The lowest BCUT2D eigenvalue weighted by molar-refractivity contribution is -0.134. The SMILES string of the molecule is C#C[C@]1(COC(=O)n2ccnc2)O[C@@H](n2cnc3c(NC(c4ccccc4)(c4ccccc4)c4ccc(OC)cc4)nc(F)nc32)C[C@@H]1OC(c1ccccc1)(c1ccccc1)c1ccc(OC)cc1. The van der Waals surface area contributed by atoms with Crippen LogP contribution in [0, 0.1) is 18.4 Å². The van der Waals surface area contributed by atoms with Crippen LogP contribution in [0.15, 0.2) is 195 Å². The summed E-state index contributed by atoms with van der Waals surface area (Å²) in [5.41, 5.74) is 0.995. The molecule has 0 aliphatic carbocycles. The fraction of sp³-hybridized carbons (Fsp3) is 0.161. The van der Waals surface area contributed by atoms with Crippen LogP contribution in [0.5, 0.6) is 11.5 Å². The summed E-state index contributed by atoms with van der Waals surface area (Å²) >= 11 is 0.